The third-order valence-corrected chi connectivity index (χ3v) is 5.02. The van der Waals surface area contributed by atoms with Crippen LogP contribution in [-0.4, -0.2) is 78.7 Å². The number of piperidine rings is 2. The number of hydroxylamine groups is 2. The number of nitrogens with one attached hydrogen (secondary N) is 3. The van der Waals surface area contributed by atoms with Crippen molar-refractivity contribution in [2.45, 2.75) is 43.8 Å². The molecule has 13 heteroatoms. The highest BCUT2D eigenvalue weighted by Gasteiger charge is 2.49. The topological polar surface area (TPSA) is 157 Å². The minimum Gasteiger partial charge on any atom is -0.334 e. The molecule has 0 radical (unpaired) electrons. The number of carbonyl (C=O) groups excluding carboxylic acids is 3. The maximum Gasteiger partial charge on any atom is 0.418 e. The maximum atomic E-state index is 12.4. The van der Waals surface area contributed by atoms with E-state index in [-0.39, 0.29) is 19.0 Å². The van der Waals surface area contributed by atoms with E-state index in [0.717, 1.165) is 24.3 Å². The number of hydrogen-bond donors (Lipinski definition) is 4. The second kappa shape index (κ2) is 7.34. The van der Waals surface area contributed by atoms with Gasteiger partial charge in [-0.05, 0) is 32.2 Å². The Morgan fingerprint density at radius 1 is 1.27 bits per heavy atom. The van der Waals surface area contributed by atoms with Crippen LogP contribution in [-0.2, 0) is 19.5 Å². The number of hydrogen-bond acceptors (Lipinski definition) is 7. The summed E-state index contributed by atoms with van der Waals surface area (Å²) in [5.41, 5.74) is 0. The lowest BCUT2D eigenvalue weighted by molar-refractivity contribution is -0.124. The molecule has 2 bridgehead atoms. The zero-order chi connectivity index (χ0) is 18.9. The van der Waals surface area contributed by atoms with Crippen molar-refractivity contribution in [3.8, 4) is 0 Å². The molecule has 0 saturated carbocycles. The summed E-state index contributed by atoms with van der Waals surface area (Å²) in [4.78, 5) is 37.7. The summed E-state index contributed by atoms with van der Waals surface area (Å²) in [7, 11) is -4.84. The lowest BCUT2D eigenvalue weighted by Crippen LogP contribution is -2.55. The SMILES string of the molecule is O=C(NC(=O)[C@@H]1CCC2CN1C(=O)N2OS(=O)(=O)O)NC1CCCNC1. The first kappa shape index (κ1) is 18.8. The molecule has 0 spiro atoms. The van der Waals surface area contributed by atoms with Crippen LogP contribution >= 0.6 is 0 Å². The zero-order valence-corrected chi connectivity index (χ0v) is 14.7. The lowest BCUT2D eigenvalue weighted by Gasteiger charge is -2.29. The summed E-state index contributed by atoms with van der Waals surface area (Å²) in [6.45, 7) is 1.58. The van der Waals surface area contributed by atoms with E-state index in [4.69, 9.17) is 4.55 Å². The van der Waals surface area contributed by atoms with E-state index in [9.17, 15) is 22.8 Å². The van der Waals surface area contributed by atoms with Crippen molar-refractivity contribution in [3.05, 3.63) is 0 Å². The van der Waals surface area contributed by atoms with Crippen LogP contribution in [0, 0.1) is 0 Å². The van der Waals surface area contributed by atoms with E-state index in [2.05, 4.69) is 20.2 Å². The Morgan fingerprint density at radius 3 is 2.69 bits per heavy atom. The van der Waals surface area contributed by atoms with Crippen molar-refractivity contribution in [1.29, 1.82) is 0 Å². The van der Waals surface area contributed by atoms with Gasteiger partial charge in [0.2, 0.25) is 0 Å². The first-order chi connectivity index (χ1) is 12.2. The van der Waals surface area contributed by atoms with Crippen LogP contribution in [0.3, 0.4) is 0 Å². The van der Waals surface area contributed by atoms with Gasteiger partial charge in [-0.1, -0.05) is 0 Å². The second-order valence-corrected chi connectivity index (χ2v) is 7.52. The Bertz CT molecular complexity index is 693. The molecule has 3 fully saturated rings. The van der Waals surface area contributed by atoms with E-state index in [1.165, 1.54) is 0 Å². The Labute approximate surface area is 150 Å². The van der Waals surface area contributed by atoms with Gasteiger partial charge in [0.25, 0.3) is 5.91 Å². The maximum absolute atomic E-state index is 12.4. The molecule has 3 rings (SSSR count). The Hall–Kier alpha value is -1.96. The predicted molar refractivity (Wildman–Crippen MR) is 86.0 cm³/mol. The van der Waals surface area contributed by atoms with Crippen LogP contribution < -0.4 is 16.0 Å². The van der Waals surface area contributed by atoms with Crippen molar-refractivity contribution in [2.75, 3.05) is 19.6 Å². The minimum absolute atomic E-state index is 0.0700. The van der Waals surface area contributed by atoms with Crippen molar-refractivity contribution < 1.29 is 31.6 Å². The van der Waals surface area contributed by atoms with Gasteiger partial charge in [0.1, 0.15) is 6.04 Å². The molecule has 0 aliphatic carbocycles. The molecule has 3 aliphatic heterocycles. The Kier molecular flexibility index (Phi) is 5.32. The van der Waals surface area contributed by atoms with Crippen molar-refractivity contribution >= 4 is 28.4 Å². The van der Waals surface area contributed by atoms with Gasteiger partial charge in [-0.3, -0.25) is 14.7 Å². The molecular weight excluding hydrogens is 370 g/mol. The van der Waals surface area contributed by atoms with Gasteiger partial charge >= 0.3 is 22.5 Å². The number of urea groups is 2. The molecule has 146 valence electrons. The molecule has 3 atom stereocenters. The smallest absolute Gasteiger partial charge is 0.334 e. The first-order valence-corrected chi connectivity index (χ1v) is 9.70. The van der Waals surface area contributed by atoms with Gasteiger partial charge in [0.05, 0.1) is 6.04 Å². The van der Waals surface area contributed by atoms with Gasteiger partial charge in [-0.25, -0.2) is 9.59 Å². The van der Waals surface area contributed by atoms with Crippen molar-refractivity contribution in [3.63, 3.8) is 0 Å². The van der Waals surface area contributed by atoms with E-state index in [1.54, 1.807) is 0 Å². The predicted octanol–water partition coefficient (Wildman–Crippen LogP) is -1.43. The fourth-order valence-electron chi connectivity index (χ4n) is 3.50. The normalized spacial score (nSPS) is 28.8. The van der Waals surface area contributed by atoms with E-state index in [0.29, 0.717) is 18.0 Å². The summed E-state index contributed by atoms with van der Waals surface area (Å²) in [6, 6.07) is -3.05. The Balaban J connectivity index is 1.57. The number of imide groups is 1. The molecule has 3 aliphatic rings. The highest BCUT2D eigenvalue weighted by molar-refractivity contribution is 7.80. The van der Waals surface area contributed by atoms with E-state index < -0.39 is 40.5 Å². The summed E-state index contributed by atoms with van der Waals surface area (Å²) in [5.74, 6) is -0.647. The third kappa shape index (κ3) is 4.23. The van der Waals surface area contributed by atoms with Gasteiger partial charge in [0, 0.05) is 19.1 Å². The van der Waals surface area contributed by atoms with Crippen LogP contribution in [0.4, 0.5) is 9.59 Å². The van der Waals surface area contributed by atoms with Gasteiger partial charge in [-0.15, -0.1) is 4.28 Å². The molecule has 3 saturated heterocycles. The quantitative estimate of drug-likeness (QED) is 0.425. The number of fused-ring (bicyclic) bond motifs is 2. The third-order valence-electron chi connectivity index (χ3n) is 4.67. The van der Waals surface area contributed by atoms with Crippen LogP contribution in [0.15, 0.2) is 0 Å². The van der Waals surface area contributed by atoms with Gasteiger partial charge in [0.15, 0.2) is 0 Å². The first-order valence-electron chi connectivity index (χ1n) is 8.33. The van der Waals surface area contributed by atoms with Crippen LogP contribution in [0.1, 0.15) is 25.7 Å². The standard InChI is InChI=1S/C13H21N5O7S/c19-11(16-12(20)15-8-2-1-5-14-6-8)10-4-3-9-7-17(10)13(21)18(9)25-26(22,23)24/h8-10,14H,1-7H2,(H,22,23,24)(H2,15,16,19,20)/t8?,9?,10-/m0/s1. The largest absolute Gasteiger partial charge is 0.418 e. The average Bonchev–Trinajstić information content (AvgIpc) is 2.79. The fourth-order valence-corrected chi connectivity index (χ4v) is 3.88. The van der Waals surface area contributed by atoms with Gasteiger partial charge < -0.3 is 15.5 Å². The minimum atomic E-state index is -4.84. The van der Waals surface area contributed by atoms with Crippen molar-refractivity contribution in [1.82, 2.24) is 25.9 Å². The molecule has 2 unspecified atom stereocenters. The van der Waals surface area contributed by atoms with Crippen LogP contribution in [0.25, 0.3) is 0 Å². The summed E-state index contributed by atoms with van der Waals surface area (Å²) in [6.07, 6.45) is 2.27. The number of carbonyl (C=O) groups is 3. The van der Waals surface area contributed by atoms with E-state index in [1.807, 2.05) is 0 Å². The highest BCUT2D eigenvalue weighted by atomic mass is 32.3. The molecular formula is C13H21N5O7S. The molecule has 4 N–H and O–H groups in total. The molecule has 12 nitrogen and oxygen atoms in total. The fraction of sp³-hybridized carbons (Fsp3) is 0.769. The lowest BCUT2D eigenvalue weighted by atomic mass is 10.0. The van der Waals surface area contributed by atoms with Crippen LogP contribution in [0.5, 0.6) is 0 Å². The molecule has 0 aromatic carbocycles. The number of nitrogens with zero attached hydrogens (tertiary/aromatic N) is 2. The molecule has 0 aromatic rings. The van der Waals surface area contributed by atoms with E-state index >= 15 is 0 Å². The monoisotopic (exact) mass is 391 g/mol. The molecule has 0 aromatic heterocycles. The molecule has 5 amide bonds. The van der Waals surface area contributed by atoms with Gasteiger partial charge in [-0.2, -0.15) is 13.5 Å². The Morgan fingerprint density at radius 2 is 2.04 bits per heavy atom. The number of rotatable bonds is 4. The summed E-state index contributed by atoms with van der Waals surface area (Å²) in [5, 5.41) is 8.62. The molecule has 3 heterocycles. The number of amides is 5. The zero-order valence-electron chi connectivity index (χ0n) is 13.9. The van der Waals surface area contributed by atoms with Crippen LogP contribution in [0.2, 0.25) is 0 Å². The summed E-state index contributed by atoms with van der Waals surface area (Å²) < 4.78 is 34.8. The second-order valence-electron chi connectivity index (χ2n) is 6.52. The highest BCUT2D eigenvalue weighted by Crippen LogP contribution is 2.30. The average molecular weight is 391 g/mol. The van der Waals surface area contributed by atoms with Crippen molar-refractivity contribution in [2.24, 2.45) is 0 Å². The summed E-state index contributed by atoms with van der Waals surface area (Å²) >= 11 is 0. The molecule has 26 heavy (non-hydrogen) atoms.